The van der Waals surface area contributed by atoms with Gasteiger partial charge in [0, 0.05) is 0 Å². The number of benzene rings is 1. The molecule has 1 saturated heterocycles. The predicted molar refractivity (Wildman–Crippen MR) is 59.0 cm³/mol. The molecule has 0 bridgehead atoms. The smallest absolute Gasteiger partial charge is 0.337 e. The molecule has 1 heterocycles. The van der Waals surface area contributed by atoms with Crippen LogP contribution in [0.3, 0.4) is 0 Å². The summed E-state index contributed by atoms with van der Waals surface area (Å²) < 4.78 is 20.1. The molecule has 1 aliphatic rings. The molecule has 1 aliphatic heterocycles. The molecule has 1 atom stereocenters. The molecular weight excluding hydrogens is 224 g/mol. The first-order valence-corrected chi connectivity index (χ1v) is 5.30. The number of methoxy groups -OCH3 is 1. The van der Waals surface area contributed by atoms with Crippen molar-refractivity contribution in [2.45, 2.75) is 6.10 Å². The predicted octanol–water partition coefficient (Wildman–Crippen LogP) is 1.22. The minimum absolute atomic E-state index is 0.178. The Bertz CT molecular complexity index is 369. The summed E-state index contributed by atoms with van der Waals surface area (Å²) in [7, 11) is 1.35. The van der Waals surface area contributed by atoms with E-state index in [0.29, 0.717) is 17.9 Å². The summed E-state index contributed by atoms with van der Waals surface area (Å²) in [6, 6.07) is 6.68. The first kappa shape index (κ1) is 11.9. The topological polar surface area (TPSA) is 57.3 Å². The Morgan fingerprint density at radius 1 is 1.41 bits per heavy atom. The third-order valence-electron chi connectivity index (χ3n) is 2.29. The van der Waals surface area contributed by atoms with Gasteiger partial charge in [-0.05, 0) is 24.3 Å². The van der Waals surface area contributed by atoms with Crippen molar-refractivity contribution in [2.75, 3.05) is 27.1 Å². The van der Waals surface area contributed by atoms with Crippen molar-refractivity contribution in [3.8, 4) is 5.75 Å². The third kappa shape index (κ3) is 3.72. The Hall–Kier alpha value is -1.59. The van der Waals surface area contributed by atoms with Gasteiger partial charge in [-0.1, -0.05) is 0 Å². The highest BCUT2D eigenvalue weighted by atomic mass is 16.7. The van der Waals surface area contributed by atoms with Gasteiger partial charge in [0.2, 0.25) is 0 Å². The van der Waals surface area contributed by atoms with Gasteiger partial charge in [0.1, 0.15) is 11.9 Å². The summed E-state index contributed by atoms with van der Waals surface area (Å²) >= 11 is 0. The van der Waals surface area contributed by atoms with Crippen LogP contribution in [0.25, 0.3) is 0 Å². The molecule has 5 nitrogen and oxygen atoms in total. The third-order valence-corrected chi connectivity index (χ3v) is 2.29. The van der Waals surface area contributed by atoms with Gasteiger partial charge in [-0.3, -0.25) is 0 Å². The first-order valence-electron chi connectivity index (χ1n) is 5.30. The molecular formula is C12H14O5. The number of carbonyl (C=O) groups excluding carboxylic acids is 1. The van der Waals surface area contributed by atoms with Gasteiger partial charge in [0.05, 0.1) is 25.9 Å². The highest BCUT2D eigenvalue weighted by molar-refractivity contribution is 5.89. The van der Waals surface area contributed by atoms with Crippen LogP contribution in [-0.2, 0) is 14.2 Å². The van der Waals surface area contributed by atoms with Crippen molar-refractivity contribution in [1.82, 2.24) is 0 Å². The van der Waals surface area contributed by atoms with Gasteiger partial charge in [0.25, 0.3) is 0 Å². The molecule has 0 aromatic heterocycles. The van der Waals surface area contributed by atoms with E-state index >= 15 is 0 Å². The average molecular weight is 238 g/mol. The second-order valence-corrected chi connectivity index (χ2v) is 3.60. The highest BCUT2D eigenvalue weighted by Gasteiger charge is 2.22. The van der Waals surface area contributed by atoms with Gasteiger partial charge in [-0.25, -0.2) is 4.79 Å². The zero-order valence-corrected chi connectivity index (χ0v) is 9.55. The molecule has 2 rings (SSSR count). The maximum atomic E-state index is 11.2. The molecule has 1 unspecified atom stereocenters. The lowest BCUT2D eigenvalue weighted by molar-refractivity contribution is 0.00821. The number of carbonyl (C=O) groups is 1. The van der Waals surface area contributed by atoms with Crippen LogP contribution < -0.4 is 4.74 Å². The fourth-order valence-electron chi connectivity index (χ4n) is 1.26. The van der Waals surface area contributed by atoms with Crippen LogP contribution in [-0.4, -0.2) is 39.2 Å². The van der Waals surface area contributed by atoms with Crippen LogP contribution in [0.15, 0.2) is 24.3 Å². The molecule has 0 spiro atoms. The summed E-state index contributed by atoms with van der Waals surface area (Å²) in [5.41, 5.74) is 0.493. The summed E-state index contributed by atoms with van der Waals surface area (Å²) in [5.74, 6) is 0.285. The lowest BCUT2D eigenvalue weighted by Gasteiger charge is -2.06. The Morgan fingerprint density at radius 3 is 2.71 bits per heavy atom. The van der Waals surface area contributed by atoms with Gasteiger partial charge in [0.15, 0.2) is 6.79 Å². The molecule has 5 heteroatoms. The van der Waals surface area contributed by atoms with E-state index in [-0.39, 0.29) is 18.9 Å². The monoisotopic (exact) mass is 238 g/mol. The van der Waals surface area contributed by atoms with Crippen LogP contribution >= 0.6 is 0 Å². The number of rotatable bonds is 6. The molecule has 92 valence electrons. The lowest BCUT2D eigenvalue weighted by Crippen LogP contribution is -2.08. The number of hydrogen-bond donors (Lipinski definition) is 0. The second kappa shape index (κ2) is 5.65. The molecule has 0 aliphatic carbocycles. The maximum Gasteiger partial charge on any atom is 0.337 e. The van der Waals surface area contributed by atoms with E-state index < -0.39 is 0 Å². The quantitative estimate of drug-likeness (QED) is 0.323. The zero-order valence-electron chi connectivity index (χ0n) is 9.55. The summed E-state index contributed by atoms with van der Waals surface area (Å²) in [5, 5.41) is 0. The SMILES string of the molecule is COC(=O)c1ccc(OCOCC2CO2)cc1. The molecule has 0 saturated carbocycles. The van der Waals surface area contributed by atoms with Crippen molar-refractivity contribution in [3.63, 3.8) is 0 Å². The number of hydrogen-bond acceptors (Lipinski definition) is 5. The zero-order chi connectivity index (χ0) is 12.1. The van der Waals surface area contributed by atoms with Crippen LogP contribution in [0.4, 0.5) is 0 Å². The van der Waals surface area contributed by atoms with Gasteiger partial charge in [-0.2, -0.15) is 0 Å². The van der Waals surface area contributed by atoms with Crippen LogP contribution in [0, 0.1) is 0 Å². The summed E-state index contributed by atoms with van der Waals surface area (Å²) in [6.45, 7) is 1.51. The Kier molecular flexibility index (Phi) is 3.95. The number of epoxide rings is 1. The molecule has 1 aromatic carbocycles. The fraction of sp³-hybridized carbons (Fsp3) is 0.417. The second-order valence-electron chi connectivity index (χ2n) is 3.60. The van der Waals surface area contributed by atoms with Gasteiger partial charge < -0.3 is 18.9 Å². The summed E-state index contributed by atoms with van der Waals surface area (Å²) in [6.07, 6.45) is 0.236. The van der Waals surface area contributed by atoms with E-state index in [1.165, 1.54) is 7.11 Å². The van der Waals surface area contributed by atoms with Gasteiger partial charge >= 0.3 is 5.97 Å². The molecule has 17 heavy (non-hydrogen) atoms. The molecule has 1 aromatic rings. The number of ether oxygens (including phenoxy) is 4. The van der Waals surface area contributed by atoms with Crippen molar-refractivity contribution in [2.24, 2.45) is 0 Å². The number of esters is 1. The van der Waals surface area contributed by atoms with E-state index in [2.05, 4.69) is 4.74 Å². The molecule has 0 radical (unpaired) electrons. The van der Waals surface area contributed by atoms with Crippen molar-refractivity contribution in [3.05, 3.63) is 29.8 Å². The van der Waals surface area contributed by atoms with Crippen molar-refractivity contribution in [1.29, 1.82) is 0 Å². The minimum atomic E-state index is -0.362. The largest absolute Gasteiger partial charge is 0.468 e. The van der Waals surface area contributed by atoms with Crippen LogP contribution in [0.2, 0.25) is 0 Å². The highest BCUT2D eigenvalue weighted by Crippen LogP contribution is 2.13. The maximum absolute atomic E-state index is 11.2. The van der Waals surface area contributed by atoms with E-state index in [1.807, 2.05) is 0 Å². The molecule has 0 amide bonds. The lowest BCUT2D eigenvalue weighted by atomic mass is 10.2. The van der Waals surface area contributed by atoms with E-state index in [4.69, 9.17) is 14.2 Å². The molecule has 0 N–H and O–H groups in total. The van der Waals surface area contributed by atoms with E-state index in [0.717, 1.165) is 6.61 Å². The van der Waals surface area contributed by atoms with Crippen molar-refractivity contribution >= 4 is 5.97 Å². The standard InChI is InChI=1S/C12H14O5/c1-14-12(13)9-2-4-10(5-3-9)17-8-15-6-11-7-16-11/h2-5,11H,6-8H2,1H3. The summed E-state index contributed by atoms with van der Waals surface area (Å²) in [4.78, 5) is 11.2. The van der Waals surface area contributed by atoms with Gasteiger partial charge in [-0.15, -0.1) is 0 Å². The Labute approximate surface area is 99.2 Å². The average Bonchev–Trinajstić information content (AvgIpc) is 3.18. The Morgan fingerprint density at radius 2 is 2.12 bits per heavy atom. The fourth-order valence-corrected chi connectivity index (χ4v) is 1.26. The normalized spacial score (nSPS) is 17.6. The first-order chi connectivity index (χ1) is 8.29. The Balaban J connectivity index is 1.74. The molecule has 1 fully saturated rings. The van der Waals surface area contributed by atoms with Crippen molar-refractivity contribution < 1.29 is 23.7 Å². The van der Waals surface area contributed by atoms with Crippen LogP contribution in [0.1, 0.15) is 10.4 Å². The van der Waals surface area contributed by atoms with Crippen LogP contribution in [0.5, 0.6) is 5.75 Å². The van der Waals surface area contributed by atoms with E-state index in [1.54, 1.807) is 24.3 Å². The minimum Gasteiger partial charge on any atom is -0.468 e. The van der Waals surface area contributed by atoms with E-state index in [9.17, 15) is 4.79 Å².